The highest BCUT2D eigenvalue weighted by Crippen LogP contribution is 2.21. The lowest BCUT2D eigenvalue weighted by Gasteiger charge is -2.18. The largest absolute Gasteiger partial charge is 0.296 e. The number of nitrogens with zero attached hydrogens (tertiary/aromatic N) is 1. The predicted molar refractivity (Wildman–Crippen MR) is 44.3 cm³/mol. The van der Waals surface area contributed by atoms with Crippen LogP contribution in [0, 0.1) is 4.91 Å². The van der Waals surface area contributed by atoms with Crippen LogP contribution in [0.2, 0.25) is 0 Å². The lowest BCUT2D eigenvalue weighted by Crippen LogP contribution is -2.33. The molecule has 0 N–H and O–H groups in total. The van der Waals surface area contributed by atoms with Crippen molar-refractivity contribution in [1.82, 2.24) is 0 Å². The summed E-state index contributed by atoms with van der Waals surface area (Å²) in [5.41, 5.74) is -0.714. The highest BCUT2D eigenvalue weighted by molar-refractivity contribution is 5.91. The molecule has 0 amide bonds. The molecule has 0 saturated carbocycles. The van der Waals surface area contributed by atoms with Crippen LogP contribution in [0.25, 0.3) is 0 Å². The molecular weight excluding hydrogens is 142 g/mol. The minimum absolute atomic E-state index is 0.181. The molecular formula is C8H13NO2. The molecule has 0 saturated heterocycles. The van der Waals surface area contributed by atoms with Crippen molar-refractivity contribution in [3.05, 3.63) is 17.1 Å². The van der Waals surface area contributed by atoms with Gasteiger partial charge >= 0.3 is 0 Å². The molecule has 0 radical (unpaired) electrons. The summed E-state index contributed by atoms with van der Waals surface area (Å²) < 4.78 is 0. The molecule has 0 bridgehead atoms. The second kappa shape index (κ2) is 3.42. The van der Waals surface area contributed by atoms with Gasteiger partial charge in [0, 0.05) is 6.42 Å². The summed E-state index contributed by atoms with van der Waals surface area (Å²) in [6.45, 7) is 8.38. The van der Waals surface area contributed by atoms with Crippen molar-refractivity contribution in [2.24, 2.45) is 5.18 Å². The van der Waals surface area contributed by atoms with E-state index in [0.29, 0.717) is 12.0 Å². The summed E-state index contributed by atoms with van der Waals surface area (Å²) in [5, 5.41) is 2.79. The minimum Gasteiger partial charge on any atom is -0.296 e. The van der Waals surface area contributed by atoms with Crippen LogP contribution in [-0.4, -0.2) is 11.3 Å². The molecule has 0 heterocycles. The highest BCUT2D eigenvalue weighted by atomic mass is 16.3. The number of hydrogen-bond donors (Lipinski definition) is 0. The van der Waals surface area contributed by atoms with E-state index in [4.69, 9.17) is 0 Å². The van der Waals surface area contributed by atoms with Crippen molar-refractivity contribution in [3.8, 4) is 0 Å². The topological polar surface area (TPSA) is 46.5 Å². The van der Waals surface area contributed by atoms with Crippen molar-refractivity contribution in [3.63, 3.8) is 0 Å². The van der Waals surface area contributed by atoms with Crippen LogP contribution in [0.5, 0.6) is 0 Å². The Kier molecular flexibility index (Phi) is 3.11. The zero-order valence-electron chi connectivity index (χ0n) is 7.18. The first-order chi connectivity index (χ1) is 4.99. The Morgan fingerprint density at radius 3 is 2.18 bits per heavy atom. The average Bonchev–Trinajstić information content (AvgIpc) is 2.01. The van der Waals surface area contributed by atoms with Crippen molar-refractivity contribution < 1.29 is 4.79 Å². The maximum atomic E-state index is 11.2. The molecule has 0 aliphatic rings. The van der Waals surface area contributed by atoms with E-state index in [1.165, 1.54) is 6.92 Å². The third kappa shape index (κ3) is 1.73. The Hall–Kier alpha value is -0.990. The van der Waals surface area contributed by atoms with Gasteiger partial charge in [-0.15, -0.1) is 4.91 Å². The summed E-state index contributed by atoms with van der Waals surface area (Å²) in [6, 6.07) is 0. The molecule has 62 valence electrons. The zero-order valence-corrected chi connectivity index (χ0v) is 7.18. The van der Waals surface area contributed by atoms with E-state index in [0.717, 1.165) is 0 Å². The fourth-order valence-corrected chi connectivity index (χ4v) is 0.711. The zero-order chi connectivity index (χ0) is 9.07. The summed E-state index contributed by atoms with van der Waals surface area (Å²) in [7, 11) is 0. The average molecular weight is 155 g/mol. The van der Waals surface area contributed by atoms with Gasteiger partial charge in [-0.25, -0.2) is 0 Å². The summed E-state index contributed by atoms with van der Waals surface area (Å²) in [4.78, 5) is 21.5. The van der Waals surface area contributed by atoms with Crippen LogP contribution in [0.4, 0.5) is 0 Å². The normalized spacial score (nSPS) is 15.2. The first-order valence-corrected chi connectivity index (χ1v) is 3.52. The van der Waals surface area contributed by atoms with Gasteiger partial charge in [-0.3, -0.25) is 4.79 Å². The lowest BCUT2D eigenvalue weighted by molar-refractivity contribution is -0.122. The predicted octanol–water partition coefficient (Wildman–Crippen LogP) is 2.07. The standard InChI is InChI=1S/C8H13NO2/c1-5-7(10)8(4,9-11)6(2)3/h2,5H2,1,3-4H3. The fraction of sp³-hybridized carbons (Fsp3) is 0.625. The van der Waals surface area contributed by atoms with E-state index in [9.17, 15) is 9.70 Å². The third-order valence-electron chi connectivity index (χ3n) is 1.88. The van der Waals surface area contributed by atoms with Crippen LogP contribution in [0.3, 0.4) is 0 Å². The second-order valence-corrected chi connectivity index (χ2v) is 2.72. The maximum Gasteiger partial charge on any atom is 0.178 e. The monoisotopic (exact) mass is 155 g/mol. The number of nitroso groups, excluding NO2 is 1. The molecule has 0 rings (SSSR count). The number of Topliss-reactive ketones (excluding diaryl/α,β-unsaturated/α-hetero) is 1. The van der Waals surface area contributed by atoms with Gasteiger partial charge in [-0.05, 0) is 19.4 Å². The van der Waals surface area contributed by atoms with E-state index in [-0.39, 0.29) is 5.78 Å². The summed E-state index contributed by atoms with van der Waals surface area (Å²) >= 11 is 0. The van der Waals surface area contributed by atoms with Gasteiger partial charge in [0.05, 0.1) is 0 Å². The van der Waals surface area contributed by atoms with Crippen molar-refractivity contribution >= 4 is 5.78 Å². The number of hydrogen-bond acceptors (Lipinski definition) is 3. The van der Waals surface area contributed by atoms with Crippen molar-refractivity contribution in [1.29, 1.82) is 0 Å². The molecule has 0 aromatic carbocycles. The van der Waals surface area contributed by atoms with E-state index in [2.05, 4.69) is 11.8 Å². The summed E-state index contributed by atoms with van der Waals surface area (Å²) in [5.74, 6) is -0.181. The Bertz CT molecular complexity index is 198. The molecule has 11 heavy (non-hydrogen) atoms. The molecule has 0 aromatic rings. The molecule has 0 fully saturated rings. The van der Waals surface area contributed by atoms with Crippen LogP contribution in [-0.2, 0) is 4.79 Å². The van der Waals surface area contributed by atoms with Crippen molar-refractivity contribution in [2.45, 2.75) is 32.7 Å². The Morgan fingerprint density at radius 2 is 2.09 bits per heavy atom. The molecule has 0 aromatic heterocycles. The smallest absolute Gasteiger partial charge is 0.178 e. The van der Waals surface area contributed by atoms with Gasteiger partial charge < -0.3 is 0 Å². The molecule has 0 aliphatic carbocycles. The number of ketones is 1. The number of carbonyl (C=O) groups excluding carboxylic acids is 1. The van der Waals surface area contributed by atoms with Gasteiger partial charge in [0.2, 0.25) is 0 Å². The van der Waals surface area contributed by atoms with Crippen LogP contribution in [0.1, 0.15) is 27.2 Å². The van der Waals surface area contributed by atoms with E-state index >= 15 is 0 Å². The maximum absolute atomic E-state index is 11.2. The van der Waals surface area contributed by atoms with E-state index in [1.807, 2.05) is 0 Å². The number of rotatable bonds is 4. The molecule has 3 nitrogen and oxygen atoms in total. The molecule has 1 unspecified atom stereocenters. The molecule has 0 spiro atoms. The summed E-state index contributed by atoms with van der Waals surface area (Å²) in [6.07, 6.45) is 0.315. The first kappa shape index (κ1) is 10.0. The van der Waals surface area contributed by atoms with E-state index < -0.39 is 5.54 Å². The SMILES string of the molecule is C=C(C)C(C)(N=O)C(=O)CC. The fourth-order valence-electron chi connectivity index (χ4n) is 0.711. The molecule has 1 atom stereocenters. The highest BCUT2D eigenvalue weighted by Gasteiger charge is 2.33. The van der Waals surface area contributed by atoms with Crippen LogP contribution in [0.15, 0.2) is 17.3 Å². The first-order valence-electron chi connectivity index (χ1n) is 3.52. The van der Waals surface area contributed by atoms with Gasteiger partial charge in [0.1, 0.15) is 0 Å². The van der Waals surface area contributed by atoms with Gasteiger partial charge in [0.25, 0.3) is 0 Å². The quantitative estimate of drug-likeness (QED) is 0.461. The second-order valence-electron chi connectivity index (χ2n) is 2.72. The lowest BCUT2D eigenvalue weighted by atomic mass is 9.89. The molecule has 3 heteroatoms. The minimum atomic E-state index is -1.21. The Labute approximate surface area is 66.5 Å². The Morgan fingerprint density at radius 1 is 1.64 bits per heavy atom. The van der Waals surface area contributed by atoms with Crippen molar-refractivity contribution in [2.75, 3.05) is 0 Å². The van der Waals surface area contributed by atoms with E-state index in [1.54, 1.807) is 13.8 Å². The Balaban J connectivity index is 4.74. The van der Waals surface area contributed by atoms with Gasteiger partial charge in [-0.2, -0.15) is 0 Å². The molecule has 0 aliphatic heterocycles. The van der Waals surface area contributed by atoms with Crippen LogP contribution < -0.4 is 0 Å². The van der Waals surface area contributed by atoms with Gasteiger partial charge in [0.15, 0.2) is 11.3 Å². The third-order valence-corrected chi connectivity index (χ3v) is 1.88. The van der Waals surface area contributed by atoms with Crippen LogP contribution >= 0.6 is 0 Å². The number of carbonyl (C=O) groups is 1. The van der Waals surface area contributed by atoms with Gasteiger partial charge in [-0.1, -0.05) is 18.7 Å².